The van der Waals surface area contributed by atoms with Gasteiger partial charge in [-0.05, 0) is 70.0 Å². The molecule has 0 N–H and O–H groups in total. The predicted molar refractivity (Wildman–Crippen MR) is 138 cm³/mol. The number of imide groups is 1. The molecule has 1 fully saturated rings. The van der Waals surface area contributed by atoms with E-state index in [1.807, 2.05) is 62.4 Å². The Balaban J connectivity index is 1.85. The SMILES string of the molecule is COc1ccc([C@@H]2C=C[C@@]3(C)C(=O)N(C(=O)OC(C)(C)C)[C@H](C)[C@H]3[C@H]2c2ccc(Cl)cc2)c(Cl)c1. The van der Waals surface area contributed by atoms with Crippen molar-refractivity contribution in [1.82, 2.24) is 4.90 Å². The molecule has 7 heteroatoms. The summed E-state index contributed by atoms with van der Waals surface area (Å²) in [4.78, 5) is 28.2. The first-order valence-electron chi connectivity index (χ1n) is 11.7. The van der Waals surface area contributed by atoms with Crippen molar-refractivity contribution in [3.63, 3.8) is 0 Å². The summed E-state index contributed by atoms with van der Waals surface area (Å²) in [5, 5.41) is 1.22. The normalized spacial score (nSPS) is 28.1. The van der Waals surface area contributed by atoms with Gasteiger partial charge in [-0.3, -0.25) is 4.79 Å². The van der Waals surface area contributed by atoms with Crippen molar-refractivity contribution < 1.29 is 19.1 Å². The van der Waals surface area contributed by atoms with Crippen LogP contribution in [0.1, 0.15) is 57.6 Å². The van der Waals surface area contributed by atoms with Crippen LogP contribution in [0, 0.1) is 11.3 Å². The number of fused-ring (bicyclic) bond motifs is 1. The van der Waals surface area contributed by atoms with Crippen LogP contribution in [0.5, 0.6) is 5.75 Å². The van der Waals surface area contributed by atoms with E-state index in [0.717, 1.165) is 11.1 Å². The number of amides is 2. The van der Waals surface area contributed by atoms with Gasteiger partial charge in [0.25, 0.3) is 0 Å². The number of ether oxygens (including phenoxy) is 2. The minimum absolute atomic E-state index is 0.124. The average Bonchev–Trinajstić information content (AvgIpc) is 2.98. The number of carbonyl (C=O) groups excluding carboxylic acids is 2. The van der Waals surface area contributed by atoms with Crippen LogP contribution in [-0.2, 0) is 9.53 Å². The monoisotopic (exact) mass is 515 g/mol. The Labute approximate surface area is 217 Å². The molecule has 35 heavy (non-hydrogen) atoms. The van der Waals surface area contributed by atoms with E-state index in [-0.39, 0.29) is 23.7 Å². The molecule has 1 aliphatic carbocycles. The van der Waals surface area contributed by atoms with Crippen LogP contribution in [0.2, 0.25) is 10.0 Å². The number of likely N-dealkylation sites (tertiary alicyclic amines) is 1. The van der Waals surface area contributed by atoms with Gasteiger partial charge in [0.2, 0.25) is 5.91 Å². The number of allylic oxidation sites excluding steroid dienone is 1. The van der Waals surface area contributed by atoms with Gasteiger partial charge in [-0.2, -0.15) is 0 Å². The number of benzene rings is 2. The van der Waals surface area contributed by atoms with Gasteiger partial charge in [-0.1, -0.05) is 53.6 Å². The number of halogens is 2. The van der Waals surface area contributed by atoms with Crippen LogP contribution in [0.15, 0.2) is 54.6 Å². The van der Waals surface area contributed by atoms with Gasteiger partial charge in [-0.15, -0.1) is 0 Å². The summed E-state index contributed by atoms with van der Waals surface area (Å²) in [6.07, 6.45) is 3.37. The molecule has 2 aromatic rings. The average molecular weight is 516 g/mol. The van der Waals surface area contributed by atoms with Crippen molar-refractivity contribution in [2.24, 2.45) is 11.3 Å². The maximum Gasteiger partial charge on any atom is 0.417 e. The lowest BCUT2D eigenvalue weighted by Gasteiger charge is -2.42. The van der Waals surface area contributed by atoms with Gasteiger partial charge < -0.3 is 9.47 Å². The number of hydrogen-bond donors (Lipinski definition) is 0. The topological polar surface area (TPSA) is 55.8 Å². The molecule has 5 nitrogen and oxygen atoms in total. The fourth-order valence-corrected chi connectivity index (χ4v) is 6.04. The molecular formula is C28H31Cl2NO4. The van der Waals surface area contributed by atoms with Gasteiger partial charge in [0, 0.05) is 33.8 Å². The molecule has 0 unspecified atom stereocenters. The molecule has 2 amide bonds. The molecule has 0 saturated carbocycles. The Bertz CT molecular complexity index is 1170. The largest absolute Gasteiger partial charge is 0.497 e. The molecule has 0 radical (unpaired) electrons. The van der Waals surface area contributed by atoms with Crippen molar-refractivity contribution in [2.45, 2.75) is 58.1 Å². The molecule has 186 valence electrons. The number of methoxy groups -OCH3 is 1. The van der Waals surface area contributed by atoms with Crippen LogP contribution in [0.25, 0.3) is 0 Å². The van der Waals surface area contributed by atoms with Crippen LogP contribution >= 0.6 is 23.2 Å². The summed E-state index contributed by atoms with van der Waals surface area (Å²) in [7, 11) is 1.60. The second-order valence-electron chi connectivity index (χ2n) is 10.6. The summed E-state index contributed by atoms with van der Waals surface area (Å²) in [6, 6.07) is 12.9. The molecule has 5 atom stereocenters. The van der Waals surface area contributed by atoms with Crippen molar-refractivity contribution >= 4 is 35.2 Å². The van der Waals surface area contributed by atoms with Gasteiger partial charge in [0.1, 0.15) is 11.4 Å². The molecule has 1 aliphatic heterocycles. The zero-order chi connectivity index (χ0) is 25.7. The van der Waals surface area contributed by atoms with E-state index < -0.39 is 23.2 Å². The Morgan fingerprint density at radius 1 is 1.09 bits per heavy atom. The summed E-state index contributed by atoms with van der Waals surface area (Å²) in [5.74, 6) is -0.0522. The Hall–Kier alpha value is -2.50. The Kier molecular flexibility index (Phi) is 6.71. The van der Waals surface area contributed by atoms with Crippen molar-refractivity contribution in [1.29, 1.82) is 0 Å². The van der Waals surface area contributed by atoms with E-state index in [0.29, 0.717) is 15.8 Å². The highest BCUT2D eigenvalue weighted by molar-refractivity contribution is 6.31. The van der Waals surface area contributed by atoms with Crippen molar-refractivity contribution in [2.75, 3.05) is 7.11 Å². The van der Waals surface area contributed by atoms with E-state index >= 15 is 0 Å². The minimum atomic E-state index is -0.879. The maximum absolute atomic E-state index is 13.7. The fraction of sp³-hybridized carbons (Fsp3) is 0.429. The highest BCUT2D eigenvalue weighted by Crippen LogP contribution is 2.58. The number of rotatable bonds is 3. The predicted octanol–water partition coefficient (Wildman–Crippen LogP) is 7.23. The van der Waals surface area contributed by atoms with Gasteiger partial charge in [0.05, 0.1) is 12.5 Å². The summed E-state index contributed by atoms with van der Waals surface area (Å²) in [6.45, 7) is 9.22. The zero-order valence-electron chi connectivity index (χ0n) is 20.8. The third-order valence-electron chi connectivity index (χ3n) is 7.13. The van der Waals surface area contributed by atoms with E-state index in [1.165, 1.54) is 4.90 Å². The first-order chi connectivity index (χ1) is 16.4. The summed E-state index contributed by atoms with van der Waals surface area (Å²) >= 11 is 12.9. The highest BCUT2D eigenvalue weighted by atomic mass is 35.5. The van der Waals surface area contributed by atoms with Crippen LogP contribution in [0.4, 0.5) is 4.79 Å². The third-order valence-corrected chi connectivity index (χ3v) is 7.71. The summed E-state index contributed by atoms with van der Waals surface area (Å²) in [5.41, 5.74) is 0.366. The smallest absolute Gasteiger partial charge is 0.417 e. The first kappa shape index (κ1) is 25.6. The zero-order valence-corrected chi connectivity index (χ0v) is 22.4. The number of hydrogen-bond acceptors (Lipinski definition) is 4. The van der Waals surface area contributed by atoms with Crippen LogP contribution in [-0.4, -0.2) is 35.7 Å². The molecule has 0 aromatic heterocycles. The highest BCUT2D eigenvalue weighted by Gasteiger charge is 2.61. The van der Waals surface area contributed by atoms with Crippen LogP contribution in [0.3, 0.4) is 0 Å². The van der Waals surface area contributed by atoms with E-state index in [2.05, 4.69) is 0 Å². The maximum atomic E-state index is 13.7. The lowest BCUT2D eigenvalue weighted by atomic mass is 9.59. The van der Waals surface area contributed by atoms with Crippen molar-refractivity contribution in [3.05, 3.63) is 75.8 Å². The summed E-state index contributed by atoms with van der Waals surface area (Å²) < 4.78 is 11.0. The molecule has 2 aromatic carbocycles. The van der Waals surface area contributed by atoms with Gasteiger partial charge in [0.15, 0.2) is 0 Å². The van der Waals surface area contributed by atoms with E-state index in [9.17, 15) is 9.59 Å². The molecule has 0 bridgehead atoms. The molecule has 4 rings (SSSR count). The minimum Gasteiger partial charge on any atom is -0.497 e. The first-order valence-corrected chi connectivity index (χ1v) is 12.5. The molecular weight excluding hydrogens is 485 g/mol. The lowest BCUT2D eigenvalue weighted by Crippen LogP contribution is -2.43. The second kappa shape index (κ2) is 9.18. The number of carbonyl (C=O) groups is 2. The molecule has 0 spiro atoms. The number of nitrogens with zero attached hydrogens (tertiary/aromatic N) is 1. The third kappa shape index (κ3) is 4.56. The van der Waals surface area contributed by atoms with E-state index in [4.69, 9.17) is 32.7 Å². The van der Waals surface area contributed by atoms with Gasteiger partial charge in [-0.25, -0.2) is 9.69 Å². The quantitative estimate of drug-likeness (QED) is 0.404. The fourth-order valence-electron chi connectivity index (χ4n) is 5.61. The van der Waals surface area contributed by atoms with Gasteiger partial charge >= 0.3 is 6.09 Å². The standard InChI is InChI=1S/C28H31Cl2NO4/c1-16-24-23(17-7-9-18(29)10-8-17)21(20-12-11-19(34-6)15-22(20)30)13-14-28(24,5)25(32)31(16)26(33)35-27(2,3)4/h7-16,21,23-24H,1-6H3/t16-,21+,23+,24+,28-/m1/s1. The molecule has 1 saturated heterocycles. The lowest BCUT2D eigenvalue weighted by molar-refractivity contribution is -0.133. The van der Waals surface area contributed by atoms with Crippen molar-refractivity contribution in [3.8, 4) is 5.75 Å². The van der Waals surface area contributed by atoms with E-state index in [1.54, 1.807) is 33.9 Å². The molecule has 1 heterocycles. The second-order valence-corrected chi connectivity index (χ2v) is 11.4. The Morgan fingerprint density at radius 3 is 2.31 bits per heavy atom. The molecule has 2 aliphatic rings. The van der Waals surface area contributed by atoms with Crippen LogP contribution < -0.4 is 4.74 Å². The Morgan fingerprint density at radius 2 is 1.74 bits per heavy atom.